The van der Waals surface area contributed by atoms with Crippen molar-refractivity contribution in [2.24, 2.45) is 5.92 Å². The van der Waals surface area contributed by atoms with E-state index in [1.807, 2.05) is 0 Å². The zero-order valence-corrected chi connectivity index (χ0v) is 6.36. The molecule has 0 bridgehead atoms. The summed E-state index contributed by atoms with van der Waals surface area (Å²) >= 11 is 0. The average molecular weight is 178 g/mol. The molecule has 2 nitrogen and oxygen atoms in total. The first-order valence-electron chi connectivity index (χ1n) is 3.73. The predicted octanol–water partition coefficient (Wildman–Crippen LogP) is 1.44. The maximum atomic E-state index is 11.9. The second kappa shape index (κ2) is 3.31. The van der Waals surface area contributed by atoms with Crippen molar-refractivity contribution in [3.05, 3.63) is 0 Å². The Morgan fingerprint density at radius 3 is 2.42 bits per heavy atom. The normalized spacial score (nSPS) is 20.2. The standard InChI is InChI=1S/C7H9F3N2/c8-7(9,10)5(3-11)4-12-6-1-2-6/h5-6,12H,1-2,4H2. The molecule has 1 fully saturated rings. The van der Waals surface area contributed by atoms with Crippen molar-refractivity contribution < 1.29 is 13.2 Å². The molecule has 0 aromatic heterocycles. The Hall–Kier alpha value is -0.760. The van der Waals surface area contributed by atoms with E-state index in [9.17, 15) is 13.2 Å². The van der Waals surface area contributed by atoms with Gasteiger partial charge in [-0.25, -0.2) is 0 Å². The first kappa shape index (κ1) is 9.33. The molecule has 1 aliphatic carbocycles. The molecule has 0 amide bonds. The van der Waals surface area contributed by atoms with Crippen LogP contribution in [0.4, 0.5) is 13.2 Å². The molecule has 1 unspecified atom stereocenters. The molecule has 0 spiro atoms. The van der Waals surface area contributed by atoms with Crippen LogP contribution < -0.4 is 5.32 Å². The van der Waals surface area contributed by atoms with Gasteiger partial charge in [-0.3, -0.25) is 0 Å². The molecule has 1 N–H and O–H groups in total. The molecule has 0 heterocycles. The van der Waals surface area contributed by atoms with Crippen molar-refractivity contribution in [2.75, 3.05) is 6.54 Å². The Kier molecular flexibility index (Phi) is 2.58. The summed E-state index contributed by atoms with van der Waals surface area (Å²) in [5, 5.41) is 10.9. The summed E-state index contributed by atoms with van der Waals surface area (Å²) in [6, 6.07) is 1.45. The third-order valence-electron chi connectivity index (χ3n) is 1.74. The predicted molar refractivity (Wildman–Crippen MR) is 36.2 cm³/mol. The minimum Gasteiger partial charge on any atom is -0.312 e. The van der Waals surface area contributed by atoms with Crippen LogP contribution in [-0.4, -0.2) is 18.8 Å². The molecular formula is C7H9F3N2. The van der Waals surface area contributed by atoms with E-state index in [1.54, 1.807) is 0 Å². The van der Waals surface area contributed by atoms with E-state index in [0.29, 0.717) is 0 Å². The van der Waals surface area contributed by atoms with Crippen LogP contribution in [0.25, 0.3) is 0 Å². The smallest absolute Gasteiger partial charge is 0.312 e. The van der Waals surface area contributed by atoms with Gasteiger partial charge in [0.15, 0.2) is 5.92 Å². The third-order valence-corrected chi connectivity index (χ3v) is 1.74. The van der Waals surface area contributed by atoms with Gasteiger partial charge in [0.1, 0.15) is 0 Å². The van der Waals surface area contributed by atoms with E-state index in [0.717, 1.165) is 12.8 Å². The van der Waals surface area contributed by atoms with Gasteiger partial charge < -0.3 is 5.32 Å². The number of nitriles is 1. The highest BCUT2D eigenvalue weighted by molar-refractivity contribution is 4.92. The monoisotopic (exact) mass is 178 g/mol. The second-order valence-corrected chi connectivity index (χ2v) is 2.91. The fourth-order valence-corrected chi connectivity index (χ4v) is 0.807. The van der Waals surface area contributed by atoms with Crippen LogP contribution in [0.1, 0.15) is 12.8 Å². The molecular weight excluding hydrogens is 169 g/mol. The van der Waals surface area contributed by atoms with E-state index >= 15 is 0 Å². The van der Waals surface area contributed by atoms with Crippen LogP contribution in [0.2, 0.25) is 0 Å². The number of nitrogens with one attached hydrogen (secondary N) is 1. The Morgan fingerprint density at radius 1 is 1.50 bits per heavy atom. The van der Waals surface area contributed by atoms with E-state index in [1.165, 1.54) is 6.07 Å². The molecule has 0 aromatic carbocycles. The number of nitrogens with zero attached hydrogens (tertiary/aromatic N) is 1. The van der Waals surface area contributed by atoms with Crippen molar-refractivity contribution in [1.82, 2.24) is 5.32 Å². The van der Waals surface area contributed by atoms with E-state index in [4.69, 9.17) is 5.26 Å². The lowest BCUT2D eigenvalue weighted by Crippen LogP contribution is -2.33. The molecule has 5 heteroatoms. The molecule has 1 aliphatic rings. The Bertz CT molecular complexity index is 190. The number of hydrogen-bond acceptors (Lipinski definition) is 2. The summed E-state index contributed by atoms with van der Waals surface area (Å²) in [4.78, 5) is 0. The van der Waals surface area contributed by atoms with Gasteiger partial charge in [0.2, 0.25) is 0 Å². The Balaban J connectivity index is 2.30. The van der Waals surface area contributed by atoms with Crippen LogP contribution in [0, 0.1) is 17.2 Å². The molecule has 68 valence electrons. The molecule has 0 saturated heterocycles. The van der Waals surface area contributed by atoms with E-state index in [2.05, 4.69) is 5.32 Å². The minimum absolute atomic E-state index is 0.211. The zero-order valence-electron chi connectivity index (χ0n) is 6.36. The zero-order chi connectivity index (χ0) is 9.19. The maximum absolute atomic E-state index is 11.9. The quantitative estimate of drug-likeness (QED) is 0.709. The molecule has 1 rings (SSSR count). The molecule has 1 saturated carbocycles. The van der Waals surface area contributed by atoms with Crippen LogP contribution >= 0.6 is 0 Å². The Morgan fingerprint density at radius 2 is 2.08 bits per heavy atom. The summed E-state index contributed by atoms with van der Waals surface area (Å²) in [5.74, 6) is -1.86. The number of alkyl halides is 3. The molecule has 0 aliphatic heterocycles. The summed E-state index contributed by atoms with van der Waals surface area (Å²) in [6.07, 6.45) is -2.54. The largest absolute Gasteiger partial charge is 0.405 e. The molecule has 12 heavy (non-hydrogen) atoms. The SMILES string of the molecule is N#CC(CNC1CC1)C(F)(F)F. The highest BCUT2D eigenvalue weighted by Gasteiger charge is 2.40. The summed E-state index contributed by atoms with van der Waals surface area (Å²) in [6.45, 7) is -0.273. The number of hydrogen-bond donors (Lipinski definition) is 1. The fourth-order valence-electron chi connectivity index (χ4n) is 0.807. The van der Waals surface area contributed by atoms with E-state index in [-0.39, 0.29) is 12.6 Å². The van der Waals surface area contributed by atoms with Gasteiger partial charge in [0, 0.05) is 12.6 Å². The second-order valence-electron chi connectivity index (χ2n) is 2.91. The first-order valence-corrected chi connectivity index (χ1v) is 3.73. The highest BCUT2D eigenvalue weighted by atomic mass is 19.4. The molecule has 0 radical (unpaired) electrons. The van der Waals surface area contributed by atoms with Crippen LogP contribution in [0.3, 0.4) is 0 Å². The van der Waals surface area contributed by atoms with Crippen molar-refractivity contribution in [3.63, 3.8) is 0 Å². The van der Waals surface area contributed by atoms with Crippen LogP contribution in [-0.2, 0) is 0 Å². The minimum atomic E-state index is -4.39. The average Bonchev–Trinajstić information content (AvgIpc) is 2.69. The van der Waals surface area contributed by atoms with Crippen molar-refractivity contribution in [1.29, 1.82) is 5.26 Å². The topological polar surface area (TPSA) is 35.8 Å². The summed E-state index contributed by atoms with van der Waals surface area (Å²) in [7, 11) is 0. The van der Waals surface area contributed by atoms with Gasteiger partial charge in [0.25, 0.3) is 0 Å². The fraction of sp³-hybridized carbons (Fsp3) is 0.857. The maximum Gasteiger partial charge on any atom is 0.405 e. The van der Waals surface area contributed by atoms with Gasteiger partial charge in [-0.15, -0.1) is 0 Å². The van der Waals surface area contributed by atoms with Gasteiger partial charge in [-0.2, -0.15) is 18.4 Å². The first-order chi connectivity index (χ1) is 5.54. The highest BCUT2D eigenvalue weighted by Crippen LogP contribution is 2.26. The van der Waals surface area contributed by atoms with Crippen LogP contribution in [0.15, 0.2) is 0 Å². The van der Waals surface area contributed by atoms with Crippen molar-refractivity contribution in [2.45, 2.75) is 25.1 Å². The lowest BCUT2D eigenvalue weighted by Gasteiger charge is -2.13. The van der Waals surface area contributed by atoms with Crippen LogP contribution in [0.5, 0.6) is 0 Å². The molecule has 0 aromatic rings. The number of halogens is 3. The van der Waals surface area contributed by atoms with E-state index < -0.39 is 12.1 Å². The lowest BCUT2D eigenvalue weighted by molar-refractivity contribution is -0.157. The third kappa shape index (κ3) is 2.70. The Labute approximate surface area is 68.4 Å². The summed E-state index contributed by atoms with van der Waals surface area (Å²) in [5.41, 5.74) is 0. The number of rotatable bonds is 3. The summed E-state index contributed by atoms with van der Waals surface area (Å²) < 4.78 is 35.8. The van der Waals surface area contributed by atoms with Gasteiger partial charge in [-0.05, 0) is 12.8 Å². The van der Waals surface area contributed by atoms with Crippen molar-refractivity contribution in [3.8, 4) is 6.07 Å². The lowest BCUT2D eigenvalue weighted by atomic mass is 10.1. The van der Waals surface area contributed by atoms with Gasteiger partial charge in [-0.1, -0.05) is 0 Å². The molecule has 1 atom stereocenters. The van der Waals surface area contributed by atoms with Crippen molar-refractivity contribution >= 4 is 0 Å². The van der Waals surface area contributed by atoms with Gasteiger partial charge in [0.05, 0.1) is 6.07 Å². The van der Waals surface area contributed by atoms with Gasteiger partial charge >= 0.3 is 6.18 Å².